The van der Waals surface area contributed by atoms with Crippen LogP contribution in [0.3, 0.4) is 0 Å². The van der Waals surface area contributed by atoms with Crippen LogP contribution in [0.25, 0.3) is 0 Å². The zero-order valence-electron chi connectivity index (χ0n) is 18.1. The number of rotatable bonds is 5. The molecule has 0 bridgehead atoms. The Labute approximate surface area is 200 Å². The van der Waals surface area contributed by atoms with E-state index in [2.05, 4.69) is 6.07 Å². The molecule has 2 fully saturated rings. The van der Waals surface area contributed by atoms with E-state index in [1.54, 1.807) is 23.1 Å². The lowest BCUT2D eigenvalue weighted by Crippen LogP contribution is -2.47. The molecular weight excluding hydrogens is 449 g/mol. The minimum absolute atomic E-state index is 0. The van der Waals surface area contributed by atoms with Crippen LogP contribution in [0.1, 0.15) is 41.6 Å². The molecule has 0 aromatic heterocycles. The number of halogens is 2. The van der Waals surface area contributed by atoms with E-state index in [4.69, 9.17) is 22.1 Å². The van der Waals surface area contributed by atoms with Crippen LogP contribution in [0, 0.1) is 0 Å². The average Bonchev–Trinajstić information content (AvgIpc) is 3.19. The number of urea groups is 1. The molecule has 1 saturated carbocycles. The molecule has 2 aromatic rings. The Kier molecular flexibility index (Phi) is 7.70. The van der Waals surface area contributed by atoms with E-state index in [1.165, 1.54) is 12.7 Å². The van der Waals surface area contributed by atoms with Gasteiger partial charge < -0.3 is 15.4 Å². The van der Waals surface area contributed by atoms with Crippen molar-refractivity contribution in [2.75, 3.05) is 31.6 Å². The molecule has 0 radical (unpaired) electrons. The summed E-state index contributed by atoms with van der Waals surface area (Å²) in [4.78, 5) is 29.1. The average molecular weight is 478 g/mol. The molecule has 0 spiro atoms. The summed E-state index contributed by atoms with van der Waals surface area (Å²) in [7, 11) is 1.35. The van der Waals surface area contributed by atoms with Gasteiger partial charge in [0.1, 0.15) is 0 Å². The Hall–Kier alpha value is -2.28. The fraction of sp³-hybridized carbons (Fsp3) is 0.417. The summed E-state index contributed by atoms with van der Waals surface area (Å²) in [5.74, 6) is -0.436. The van der Waals surface area contributed by atoms with Gasteiger partial charge in [-0.05, 0) is 55.5 Å². The third kappa shape index (κ3) is 4.45. The van der Waals surface area contributed by atoms with Crippen molar-refractivity contribution in [2.24, 2.45) is 5.73 Å². The highest BCUT2D eigenvalue weighted by Crippen LogP contribution is 2.41. The topological polar surface area (TPSA) is 75.9 Å². The van der Waals surface area contributed by atoms with Crippen molar-refractivity contribution in [3.63, 3.8) is 0 Å². The normalized spacial score (nSPS) is 23.1. The molecular formula is C24H29Cl2N3O3. The molecule has 0 atom stereocenters. The van der Waals surface area contributed by atoms with Crippen LogP contribution in [0.5, 0.6) is 0 Å². The fourth-order valence-corrected chi connectivity index (χ4v) is 5.19. The molecule has 1 saturated heterocycles. The summed E-state index contributed by atoms with van der Waals surface area (Å²) in [5, 5.41) is 0.724. The monoisotopic (exact) mass is 477 g/mol. The molecule has 8 heteroatoms. The lowest BCUT2D eigenvalue weighted by molar-refractivity contribution is 0.0601. The molecule has 2 amide bonds. The standard InChI is InChI=1S/C24H28ClN3O3.ClH/c1-31-22(29)20-7-2-3-8-21(20)28-14-13-27(23(28)30)19-9-11-24(16-26,12-10-19)17-5-4-6-18(25)15-17;/h2-8,15,19H,9-14,16,26H2,1H3;1H/t19-,24+;. The Morgan fingerprint density at radius 3 is 2.53 bits per heavy atom. The lowest BCUT2D eigenvalue weighted by Gasteiger charge is -2.42. The van der Waals surface area contributed by atoms with Gasteiger partial charge in [-0.1, -0.05) is 35.9 Å². The van der Waals surface area contributed by atoms with Crippen LogP contribution >= 0.6 is 24.0 Å². The Bertz CT molecular complexity index is 976. The number of amides is 2. The van der Waals surface area contributed by atoms with Crippen molar-refractivity contribution in [1.29, 1.82) is 0 Å². The molecule has 1 aliphatic carbocycles. The number of esters is 1. The van der Waals surface area contributed by atoms with E-state index in [9.17, 15) is 9.59 Å². The van der Waals surface area contributed by atoms with Crippen LogP contribution in [-0.2, 0) is 10.2 Å². The number of hydrogen-bond acceptors (Lipinski definition) is 4. The number of anilines is 1. The Balaban J connectivity index is 0.00000289. The first-order valence-corrected chi connectivity index (χ1v) is 11.1. The first kappa shape index (κ1) is 24.4. The first-order valence-electron chi connectivity index (χ1n) is 10.7. The van der Waals surface area contributed by atoms with Crippen molar-refractivity contribution < 1.29 is 14.3 Å². The summed E-state index contributed by atoms with van der Waals surface area (Å²) in [6.07, 6.45) is 3.61. The second-order valence-corrected chi connectivity index (χ2v) is 8.80. The van der Waals surface area contributed by atoms with Crippen LogP contribution in [-0.4, -0.2) is 49.7 Å². The number of para-hydroxylation sites is 1. The molecule has 4 rings (SSSR count). The van der Waals surface area contributed by atoms with Gasteiger partial charge in [-0.25, -0.2) is 9.59 Å². The van der Waals surface area contributed by atoms with Crippen LogP contribution in [0.15, 0.2) is 48.5 Å². The van der Waals surface area contributed by atoms with Crippen LogP contribution in [0.2, 0.25) is 5.02 Å². The smallest absolute Gasteiger partial charge is 0.339 e. The van der Waals surface area contributed by atoms with Crippen molar-refractivity contribution in [2.45, 2.75) is 37.1 Å². The highest BCUT2D eigenvalue weighted by Gasteiger charge is 2.42. The van der Waals surface area contributed by atoms with E-state index in [0.717, 1.165) is 30.7 Å². The highest BCUT2D eigenvalue weighted by atomic mass is 35.5. The number of methoxy groups -OCH3 is 1. The van der Waals surface area contributed by atoms with Gasteiger partial charge in [-0.2, -0.15) is 0 Å². The SMILES string of the molecule is COC(=O)c1ccccc1N1CCN([C@H]2CC[C@@](CN)(c3cccc(Cl)c3)CC2)C1=O.Cl. The largest absolute Gasteiger partial charge is 0.465 e. The molecule has 32 heavy (non-hydrogen) atoms. The maximum atomic E-state index is 13.3. The lowest BCUT2D eigenvalue weighted by atomic mass is 9.68. The van der Waals surface area contributed by atoms with Gasteiger partial charge in [0, 0.05) is 36.1 Å². The Morgan fingerprint density at radius 1 is 1.16 bits per heavy atom. The summed E-state index contributed by atoms with van der Waals surface area (Å²) in [6, 6.07) is 15.2. The van der Waals surface area contributed by atoms with Crippen molar-refractivity contribution >= 4 is 41.7 Å². The maximum Gasteiger partial charge on any atom is 0.339 e. The van der Waals surface area contributed by atoms with Gasteiger partial charge in [-0.15, -0.1) is 12.4 Å². The van der Waals surface area contributed by atoms with Gasteiger partial charge in [0.05, 0.1) is 18.4 Å². The van der Waals surface area contributed by atoms with Crippen molar-refractivity contribution in [1.82, 2.24) is 4.90 Å². The minimum Gasteiger partial charge on any atom is -0.465 e. The maximum absolute atomic E-state index is 13.3. The number of hydrogen-bond donors (Lipinski definition) is 1. The predicted molar refractivity (Wildman–Crippen MR) is 129 cm³/mol. The summed E-state index contributed by atoms with van der Waals surface area (Å²) in [5.41, 5.74) is 8.33. The summed E-state index contributed by atoms with van der Waals surface area (Å²) in [6.45, 7) is 1.76. The molecule has 172 valence electrons. The van der Waals surface area contributed by atoms with Gasteiger partial charge in [0.25, 0.3) is 0 Å². The molecule has 2 N–H and O–H groups in total. The fourth-order valence-electron chi connectivity index (χ4n) is 5.00. The van der Waals surface area contributed by atoms with E-state index in [0.29, 0.717) is 30.9 Å². The highest BCUT2D eigenvalue weighted by molar-refractivity contribution is 6.30. The zero-order valence-corrected chi connectivity index (χ0v) is 19.7. The molecule has 0 unspecified atom stereocenters. The van der Waals surface area contributed by atoms with Gasteiger partial charge >= 0.3 is 12.0 Å². The molecule has 6 nitrogen and oxygen atoms in total. The molecule has 2 aliphatic rings. The number of carbonyl (C=O) groups excluding carboxylic acids is 2. The quantitative estimate of drug-likeness (QED) is 0.636. The number of ether oxygens (including phenoxy) is 1. The van der Waals surface area contributed by atoms with Gasteiger partial charge in [0.15, 0.2) is 0 Å². The second kappa shape index (κ2) is 10.1. The van der Waals surface area contributed by atoms with E-state index < -0.39 is 5.97 Å². The van der Waals surface area contributed by atoms with Crippen LogP contribution < -0.4 is 10.6 Å². The minimum atomic E-state index is -0.436. The number of carbonyl (C=O) groups is 2. The summed E-state index contributed by atoms with van der Waals surface area (Å²) < 4.78 is 4.89. The number of nitrogens with zero attached hydrogens (tertiary/aromatic N) is 2. The van der Waals surface area contributed by atoms with E-state index in [-0.39, 0.29) is 29.9 Å². The molecule has 1 aliphatic heterocycles. The molecule has 2 aromatic carbocycles. The van der Waals surface area contributed by atoms with Crippen molar-refractivity contribution in [3.8, 4) is 0 Å². The molecule has 1 heterocycles. The summed E-state index contributed by atoms with van der Waals surface area (Å²) >= 11 is 6.22. The number of benzene rings is 2. The number of nitrogens with two attached hydrogens (primary N) is 1. The van der Waals surface area contributed by atoms with Crippen molar-refractivity contribution in [3.05, 3.63) is 64.7 Å². The Morgan fingerprint density at radius 2 is 1.88 bits per heavy atom. The first-order chi connectivity index (χ1) is 15.0. The second-order valence-electron chi connectivity index (χ2n) is 8.36. The third-order valence-corrected chi connectivity index (χ3v) is 7.06. The van der Waals surface area contributed by atoms with E-state index in [1.807, 2.05) is 29.2 Å². The van der Waals surface area contributed by atoms with E-state index >= 15 is 0 Å². The predicted octanol–water partition coefficient (Wildman–Crippen LogP) is 4.63. The van der Waals surface area contributed by atoms with Crippen LogP contribution in [0.4, 0.5) is 10.5 Å². The third-order valence-electron chi connectivity index (χ3n) is 6.82. The zero-order chi connectivity index (χ0) is 22.0. The van der Waals surface area contributed by atoms with Gasteiger partial charge in [0.2, 0.25) is 0 Å². The van der Waals surface area contributed by atoms with Gasteiger partial charge in [-0.3, -0.25) is 4.90 Å².